The van der Waals surface area contributed by atoms with Gasteiger partial charge >= 0.3 is 5.97 Å². The zero-order valence-electron chi connectivity index (χ0n) is 28.7. The van der Waals surface area contributed by atoms with Crippen LogP contribution in [0.1, 0.15) is 80.1 Å². The molecule has 0 aromatic carbocycles. The number of rotatable bonds is 6. The van der Waals surface area contributed by atoms with Crippen molar-refractivity contribution in [3.63, 3.8) is 0 Å². The monoisotopic (exact) mass is 611 g/mol. The minimum atomic E-state index is -1.40. The Balaban J connectivity index is 1.97. The summed E-state index contributed by atoms with van der Waals surface area (Å²) in [5.41, 5.74) is -2.30. The zero-order chi connectivity index (χ0) is 32.3. The van der Waals surface area contributed by atoms with E-state index in [4.69, 9.17) is 18.9 Å². The predicted octanol–water partition coefficient (Wildman–Crippen LogP) is 3.10. The van der Waals surface area contributed by atoms with Crippen molar-refractivity contribution >= 4 is 11.8 Å². The van der Waals surface area contributed by atoms with Crippen LogP contribution in [-0.2, 0) is 28.5 Å². The summed E-state index contributed by atoms with van der Waals surface area (Å²) in [4.78, 5) is 32.1. The van der Waals surface area contributed by atoms with Crippen LogP contribution in [0.2, 0.25) is 0 Å². The van der Waals surface area contributed by atoms with Crippen molar-refractivity contribution in [1.29, 1.82) is 0 Å². The third-order valence-corrected chi connectivity index (χ3v) is 10.6. The van der Waals surface area contributed by atoms with Crippen LogP contribution >= 0.6 is 0 Å². The van der Waals surface area contributed by atoms with Gasteiger partial charge in [-0.05, 0) is 106 Å². The van der Waals surface area contributed by atoms with Crippen LogP contribution in [0.5, 0.6) is 0 Å². The number of nitrogens with one attached hydrogen (secondary N) is 1. The molecule has 0 bridgehead atoms. The Bertz CT molecular complexity index is 924. The van der Waals surface area contributed by atoms with E-state index in [1.165, 1.54) is 0 Å². The summed E-state index contributed by atoms with van der Waals surface area (Å²) in [6.07, 6.45) is 2.79. The molecule has 10 nitrogen and oxygen atoms in total. The van der Waals surface area contributed by atoms with Crippen molar-refractivity contribution < 1.29 is 33.6 Å². The Morgan fingerprint density at radius 1 is 1.07 bits per heavy atom. The first-order valence-electron chi connectivity index (χ1n) is 16.3. The second kappa shape index (κ2) is 15.0. The fraction of sp³-hybridized carbons (Fsp3) is 0.939. The van der Waals surface area contributed by atoms with Gasteiger partial charge in [0.25, 0.3) is 0 Å². The number of aliphatic hydroxyl groups is 1. The molecule has 0 radical (unpaired) electrons. The topological polar surface area (TPSA) is 110 Å². The molecule has 1 saturated carbocycles. The largest absolute Gasteiger partial charge is 0.463 e. The quantitative estimate of drug-likeness (QED) is 0.344. The maximum absolute atomic E-state index is 14.2. The first-order valence-corrected chi connectivity index (χ1v) is 16.3. The highest BCUT2D eigenvalue weighted by Crippen LogP contribution is 2.39. The van der Waals surface area contributed by atoms with Gasteiger partial charge in [-0.2, -0.15) is 0 Å². The highest BCUT2D eigenvalue weighted by atomic mass is 16.7. The second-order valence-electron chi connectivity index (χ2n) is 14.7. The molecule has 2 N–H and O–H groups in total. The molecule has 3 fully saturated rings. The van der Waals surface area contributed by atoms with Crippen LogP contribution in [-0.4, -0.2) is 123 Å². The second-order valence-corrected chi connectivity index (χ2v) is 14.7. The standard InChI is InChI=1S/C33H61N3O7/c1-20-17-33(6,40-11)29(43-30-27(37)25(35(8)9)16-21(2)42-30)22(3)28(38)32(4,5)31(39)41-19-26(36(10)18-20)23-12-14-24(34-7)15-13-23/h20-27,29-30,34,37H,12-19H2,1-11H3/t20?,21-,22?,23?,24?,25+,26?,27-,29?,30+,33?/m1/s1. The summed E-state index contributed by atoms with van der Waals surface area (Å²) in [7, 11) is 9.64. The molecule has 3 aliphatic rings. The molecule has 1 aliphatic carbocycles. The van der Waals surface area contributed by atoms with Gasteiger partial charge in [-0.3, -0.25) is 14.5 Å². The van der Waals surface area contributed by atoms with Crippen molar-refractivity contribution in [3.05, 3.63) is 0 Å². The van der Waals surface area contributed by atoms with Gasteiger partial charge in [0, 0.05) is 37.7 Å². The molecule has 0 aromatic rings. The molecule has 0 aromatic heterocycles. The highest BCUT2D eigenvalue weighted by molar-refractivity contribution is 6.04. The lowest BCUT2D eigenvalue weighted by atomic mass is 9.74. The summed E-state index contributed by atoms with van der Waals surface area (Å²) in [5, 5.41) is 14.7. The number of methoxy groups -OCH3 is 1. The predicted molar refractivity (Wildman–Crippen MR) is 167 cm³/mol. The average Bonchev–Trinajstić information content (AvgIpc) is 2.96. The van der Waals surface area contributed by atoms with E-state index in [0.29, 0.717) is 24.8 Å². The molecule has 2 saturated heterocycles. The molecular weight excluding hydrogens is 550 g/mol. The number of carbonyl (C=O) groups is 2. The first kappa shape index (κ1) is 36.3. The number of hydrogen-bond acceptors (Lipinski definition) is 10. The zero-order valence-corrected chi connectivity index (χ0v) is 28.7. The van der Waals surface area contributed by atoms with E-state index in [1.807, 2.05) is 39.9 Å². The average molecular weight is 612 g/mol. The molecule has 0 amide bonds. The molecule has 2 heterocycles. The van der Waals surface area contributed by atoms with Crippen molar-refractivity contribution in [2.45, 2.75) is 128 Å². The number of nitrogens with zero attached hydrogens (tertiary/aromatic N) is 2. The molecule has 5 unspecified atom stereocenters. The van der Waals surface area contributed by atoms with E-state index in [-0.39, 0.29) is 36.5 Å². The van der Waals surface area contributed by atoms with E-state index >= 15 is 0 Å². The van der Waals surface area contributed by atoms with Crippen LogP contribution in [0.25, 0.3) is 0 Å². The van der Waals surface area contributed by atoms with Crippen LogP contribution in [0.4, 0.5) is 0 Å². The highest BCUT2D eigenvalue weighted by Gasteiger charge is 2.51. The lowest BCUT2D eigenvalue weighted by Gasteiger charge is -2.47. The Hall–Kier alpha value is -1.14. The maximum atomic E-state index is 14.2. The number of hydrogen-bond donors (Lipinski definition) is 2. The summed E-state index contributed by atoms with van der Waals surface area (Å²) in [6, 6.07) is 0.421. The van der Waals surface area contributed by atoms with Crippen LogP contribution in [0.15, 0.2) is 0 Å². The fourth-order valence-corrected chi connectivity index (χ4v) is 7.85. The van der Waals surface area contributed by atoms with E-state index in [1.54, 1.807) is 27.9 Å². The molecule has 250 valence electrons. The maximum Gasteiger partial charge on any atom is 0.319 e. The minimum absolute atomic E-state index is 0.0596. The summed E-state index contributed by atoms with van der Waals surface area (Å²) in [6.45, 7) is 12.2. The summed E-state index contributed by atoms with van der Waals surface area (Å²) < 4.78 is 25.0. The third-order valence-electron chi connectivity index (χ3n) is 10.6. The van der Waals surface area contributed by atoms with Crippen molar-refractivity contribution in [2.75, 3.05) is 48.5 Å². The Morgan fingerprint density at radius 3 is 2.26 bits per heavy atom. The van der Waals surface area contributed by atoms with E-state index in [2.05, 4.69) is 24.2 Å². The van der Waals surface area contributed by atoms with Crippen molar-refractivity contribution in [3.8, 4) is 0 Å². The Morgan fingerprint density at radius 2 is 1.70 bits per heavy atom. The Labute approximate surface area is 260 Å². The number of Topliss-reactive ketones (excluding diaryl/α,β-unsaturated/α-hetero) is 1. The van der Waals surface area contributed by atoms with Gasteiger partial charge in [0.05, 0.1) is 17.8 Å². The number of ketones is 1. The van der Waals surface area contributed by atoms with Crippen molar-refractivity contribution in [2.24, 2.45) is 23.2 Å². The van der Waals surface area contributed by atoms with E-state index in [0.717, 1.165) is 32.2 Å². The molecule has 3 rings (SSSR count). The summed E-state index contributed by atoms with van der Waals surface area (Å²) >= 11 is 0. The van der Waals surface area contributed by atoms with Gasteiger partial charge in [0.15, 0.2) is 12.1 Å². The number of likely N-dealkylation sites (N-methyl/N-ethyl adjacent to an activating group) is 2. The van der Waals surface area contributed by atoms with Gasteiger partial charge < -0.3 is 34.3 Å². The number of ether oxygens (including phenoxy) is 4. The summed E-state index contributed by atoms with van der Waals surface area (Å²) in [5.74, 6) is -0.961. The SMILES string of the molecule is CNC1CCC(C2COC(=O)C(C)(C)C(=O)C(C)C(O[C@@H]3O[C@H](C)C[C@H](N(C)C)[C@H]3O)C(C)(OC)CC(C)CN2C)CC1. The molecule has 2 aliphatic heterocycles. The number of cyclic esters (lactones) is 1. The number of aliphatic hydroxyl groups excluding tert-OH is 1. The van der Waals surface area contributed by atoms with Crippen molar-refractivity contribution in [1.82, 2.24) is 15.1 Å². The van der Waals surface area contributed by atoms with E-state index in [9.17, 15) is 14.7 Å². The number of carbonyl (C=O) groups excluding carboxylic acids is 2. The van der Waals surface area contributed by atoms with Gasteiger partial charge in [0.2, 0.25) is 0 Å². The van der Waals surface area contributed by atoms with E-state index < -0.39 is 41.4 Å². The molecule has 10 heteroatoms. The fourth-order valence-electron chi connectivity index (χ4n) is 7.85. The van der Waals surface area contributed by atoms with Gasteiger partial charge in [-0.1, -0.05) is 13.8 Å². The van der Waals surface area contributed by atoms with Crippen LogP contribution in [0, 0.1) is 23.2 Å². The van der Waals surface area contributed by atoms with Gasteiger partial charge in [0.1, 0.15) is 18.1 Å². The van der Waals surface area contributed by atoms with Crippen LogP contribution < -0.4 is 5.32 Å². The smallest absolute Gasteiger partial charge is 0.319 e. The van der Waals surface area contributed by atoms with Gasteiger partial charge in [-0.25, -0.2) is 0 Å². The number of esters is 1. The van der Waals surface area contributed by atoms with Gasteiger partial charge in [-0.15, -0.1) is 0 Å². The Kier molecular flexibility index (Phi) is 12.6. The third kappa shape index (κ3) is 8.37. The van der Waals surface area contributed by atoms with Crippen LogP contribution in [0.3, 0.4) is 0 Å². The molecule has 0 spiro atoms. The minimum Gasteiger partial charge on any atom is -0.463 e. The lowest BCUT2D eigenvalue weighted by Crippen LogP contribution is -2.59. The lowest BCUT2D eigenvalue weighted by molar-refractivity contribution is -0.295. The molecule has 43 heavy (non-hydrogen) atoms. The normalized spacial score (nSPS) is 42.5. The molecule has 9 atom stereocenters. The first-order chi connectivity index (χ1) is 20.0. The molecular formula is C33H61N3O7.